The molecule has 0 spiro atoms. The number of nitrogens with one attached hydrogen (secondary N) is 1. The van der Waals surface area contributed by atoms with E-state index < -0.39 is 0 Å². The van der Waals surface area contributed by atoms with Crippen LogP contribution in [0.2, 0.25) is 0 Å². The first-order valence-corrected chi connectivity index (χ1v) is 5.21. The molecular formula is C12H17NO2. The first kappa shape index (κ1) is 11.7. The third-order valence-electron chi connectivity index (χ3n) is 2.23. The first-order valence-electron chi connectivity index (χ1n) is 5.21. The Labute approximate surface area is 90.1 Å². The molecule has 0 bridgehead atoms. The van der Waals surface area contributed by atoms with E-state index in [1.54, 1.807) is 0 Å². The molecule has 1 rings (SSSR count). The molecule has 0 aliphatic heterocycles. The molecule has 3 heteroatoms. The van der Waals surface area contributed by atoms with Crippen molar-refractivity contribution in [2.24, 2.45) is 0 Å². The van der Waals surface area contributed by atoms with Crippen molar-refractivity contribution in [2.45, 2.75) is 19.8 Å². The Balaban J connectivity index is 2.46. The fraction of sp³-hybridized carbons (Fsp3) is 0.417. The zero-order chi connectivity index (χ0) is 11.1. The minimum absolute atomic E-state index is 0.0134. The van der Waals surface area contributed by atoms with Gasteiger partial charge >= 0.3 is 0 Å². The van der Waals surface area contributed by atoms with Gasteiger partial charge in [-0.05, 0) is 17.5 Å². The fourth-order valence-electron chi connectivity index (χ4n) is 1.34. The van der Waals surface area contributed by atoms with Gasteiger partial charge in [-0.1, -0.05) is 31.2 Å². The van der Waals surface area contributed by atoms with E-state index in [1.165, 1.54) is 5.56 Å². The zero-order valence-electron chi connectivity index (χ0n) is 8.99. The van der Waals surface area contributed by atoms with Crippen LogP contribution in [0.25, 0.3) is 0 Å². The lowest BCUT2D eigenvalue weighted by atomic mass is 10.1. The van der Waals surface area contributed by atoms with Crippen molar-refractivity contribution in [1.29, 1.82) is 0 Å². The molecule has 0 atom stereocenters. The summed E-state index contributed by atoms with van der Waals surface area (Å²) >= 11 is 0. The first-order chi connectivity index (χ1) is 7.26. The summed E-state index contributed by atoms with van der Waals surface area (Å²) in [6.07, 6.45) is 1.39. The van der Waals surface area contributed by atoms with Crippen LogP contribution in [0, 0.1) is 0 Å². The number of carbonyl (C=O) groups is 1. The minimum Gasteiger partial charge on any atom is -0.395 e. The number of aliphatic hydroxyl groups is 1. The number of amides is 1. The number of hydrogen-bond acceptors (Lipinski definition) is 2. The van der Waals surface area contributed by atoms with Crippen LogP contribution in [0.15, 0.2) is 24.3 Å². The van der Waals surface area contributed by atoms with Gasteiger partial charge in [0, 0.05) is 6.54 Å². The lowest BCUT2D eigenvalue weighted by Crippen LogP contribution is -2.27. The number of hydrogen-bond donors (Lipinski definition) is 2. The molecule has 0 unspecified atom stereocenters. The predicted octanol–water partition coefficient (Wildman–Crippen LogP) is 0.900. The van der Waals surface area contributed by atoms with Crippen LogP contribution in [0.4, 0.5) is 0 Å². The molecule has 0 heterocycles. The van der Waals surface area contributed by atoms with Gasteiger partial charge in [0.2, 0.25) is 5.91 Å². The second-order valence-electron chi connectivity index (χ2n) is 3.42. The smallest absolute Gasteiger partial charge is 0.224 e. The van der Waals surface area contributed by atoms with Crippen LogP contribution in [0.1, 0.15) is 18.1 Å². The van der Waals surface area contributed by atoms with Crippen LogP contribution in [-0.4, -0.2) is 24.2 Å². The highest BCUT2D eigenvalue weighted by molar-refractivity contribution is 5.78. The van der Waals surface area contributed by atoms with Gasteiger partial charge in [-0.2, -0.15) is 0 Å². The summed E-state index contributed by atoms with van der Waals surface area (Å²) in [7, 11) is 0. The molecule has 0 aliphatic carbocycles. The Hall–Kier alpha value is -1.35. The third-order valence-corrected chi connectivity index (χ3v) is 2.23. The molecule has 0 radical (unpaired) electrons. The summed E-state index contributed by atoms with van der Waals surface area (Å²) in [5.74, 6) is -0.0479. The summed E-state index contributed by atoms with van der Waals surface area (Å²) in [5.41, 5.74) is 2.28. The maximum Gasteiger partial charge on any atom is 0.224 e. The average Bonchev–Trinajstić information content (AvgIpc) is 2.27. The maximum absolute atomic E-state index is 11.3. The van der Waals surface area contributed by atoms with E-state index in [2.05, 4.69) is 12.2 Å². The number of aliphatic hydroxyl groups excluding tert-OH is 1. The SMILES string of the molecule is CCc1ccc(CC(=O)NCCO)cc1. The summed E-state index contributed by atoms with van der Waals surface area (Å²) in [6, 6.07) is 8.01. The van der Waals surface area contributed by atoms with E-state index in [0.717, 1.165) is 12.0 Å². The molecule has 0 saturated heterocycles. The highest BCUT2D eigenvalue weighted by Crippen LogP contribution is 2.05. The topological polar surface area (TPSA) is 49.3 Å². The Morgan fingerprint density at radius 2 is 1.87 bits per heavy atom. The predicted molar refractivity (Wildman–Crippen MR) is 59.6 cm³/mol. The standard InChI is InChI=1S/C12H17NO2/c1-2-10-3-5-11(6-4-10)9-12(15)13-7-8-14/h3-6,14H,2,7-9H2,1H3,(H,13,15). The quantitative estimate of drug-likeness (QED) is 0.753. The lowest BCUT2D eigenvalue weighted by Gasteiger charge is -2.04. The number of aryl methyl sites for hydroxylation is 1. The molecule has 1 aromatic rings. The van der Waals surface area contributed by atoms with E-state index in [-0.39, 0.29) is 12.5 Å². The molecule has 1 amide bonds. The molecule has 3 nitrogen and oxygen atoms in total. The molecule has 82 valence electrons. The van der Waals surface area contributed by atoms with Crippen molar-refractivity contribution in [1.82, 2.24) is 5.32 Å². The van der Waals surface area contributed by atoms with Gasteiger partial charge in [0.05, 0.1) is 13.0 Å². The normalized spacial score (nSPS) is 10.0. The van der Waals surface area contributed by atoms with Gasteiger partial charge in [0.1, 0.15) is 0 Å². The summed E-state index contributed by atoms with van der Waals surface area (Å²) in [6.45, 7) is 2.41. The van der Waals surface area contributed by atoms with Gasteiger partial charge in [0.15, 0.2) is 0 Å². The summed E-state index contributed by atoms with van der Waals surface area (Å²) < 4.78 is 0. The van der Waals surface area contributed by atoms with E-state index >= 15 is 0 Å². The van der Waals surface area contributed by atoms with Crippen molar-refractivity contribution in [3.8, 4) is 0 Å². The van der Waals surface area contributed by atoms with Crippen LogP contribution < -0.4 is 5.32 Å². The van der Waals surface area contributed by atoms with Crippen LogP contribution in [0.5, 0.6) is 0 Å². The Kier molecular flexibility index (Phi) is 4.84. The van der Waals surface area contributed by atoms with E-state index in [1.807, 2.05) is 24.3 Å². The third kappa shape index (κ3) is 4.13. The lowest BCUT2D eigenvalue weighted by molar-refractivity contribution is -0.120. The highest BCUT2D eigenvalue weighted by atomic mass is 16.3. The largest absolute Gasteiger partial charge is 0.395 e. The average molecular weight is 207 g/mol. The second-order valence-corrected chi connectivity index (χ2v) is 3.42. The minimum atomic E-state index is -0.0479. The molecule has 0 aliphatic rings. The number of rotatable bonds is 5. The Morgan fingerprint density at radius 3 is 2.40 bits per heavy atom. The van der Waals surface area contributed by atoms with Gasteiger partial charge in [0.25, 0.3) is 0 Å². The van der Waals surface area contributed by atoms with Crippen molar-refractivity contribution >= 4 is 5.91 Å². The molecule has 2 N–H and O–H groups in total. The number of benzene rings is 1. The van der Waals surface area contributed by atoms with Crippen molar-refractivity contribution < 1.29 is 9.90 Å². The fourth-order valence-corrected chi connectivity index (χ4v) is 1.34. The van der Waals surface area contributed by atoms with Crippen molar-refractivity contribution in [2.75, 3.05) is 13.2 Å². The van der Waals surface area contributed by atoms with Gasteiger partial charge in [-0.15, -0.1) is 0 Å². The molecular weight excluding hydrogens is 190 g/mol. The summed E-state index contributed by atoms with van der Waals surface area (Å²) in [5, 5.41) is 11.2. The van der Waals surface area contributed by atoms with Crippen molar-refractivity contribution in [3.05, 3.63) is 35.4 Å². The Morgan fingerprint density at radius 1 is 1.27 bits per heavy atom. The molecule has 15 heavy (non-hydrogen) atoms. The summed E-state index contributed by atoms with van der Waals surface area (Å²) in [4.78, 5) is 11.3. The van der Waals surface area contributed by atoms with Crippen LogP contribution in [-0.2, 0) is 17.6 Å². The Bertz CT molecular complexity index is 306. The highest BCUT2D eigenvalue weighted by Gasteiger charge is 2.01. The van der Waals surface area contributed by atoms with Crippen LogP contribution >= 0.6 is 0 Å². The zero-order valence-corrected chi connectivity index (χ0v) is 8.99. The molecule has 1 aromatic carbocycles. The van der Waals surface area contributed by atoms with Gasteiger partial charge < -0.3 is 10.4 Å². The maximum atomic E-state index is 11.3. The second kappa shape index (κ2) is 6.19. The number of carbonyl (C=O) groups excluding carboxylic acids is 1. The van der Waals surface area contributed by atoms with Gasteiger partial charge in [-0.3, -0.25) is 4.79 Å². The monoisotopic (exact) mass is 207 g/mol. The van der Waals surface area contributed by atoms with Crippen LogP contribution in [0.3, 0.4) is 0 Å². The van der Waals surface area contributed by atoms with Crippen molar-refractivity contribution in [3.63, 3.8) is 0 Å². The molecule has 0 saturated carbocycles. The molecule has 0 fully saturated rings. The van der Waals surface area contributed by atoms with E-state index in [4.69, 9.17) is 5.11 Å². The van der Waals surface area contributed by atoms with Gasteiger partial charge in [-0.25, -0.2) is 0 Å². The van der Waals surface area contributed by atoms with E-state index in [0.29, 0.717) is 13.0 Å². The van der Waals surface area contributed by atoms with E-state index in [9.17, 15) is 4.79 Å². The molecule has 0 aromatic heterocycles.